The number of nitrogens with zero attached hydrogens (tertiary/aromatic N) is 4. The minimum absolute atomic E-state index is 0.0924. The van der Waals surface area contributed by atoms with Crippen LogP contribution in [0.25, 0.3) is 38.8 Å². The molecule has 0 N–H and O–H groups in total. The van der Waals surface area contributed by atoms with Crippen molar-refractivity contribution in [1.29, 1.82) is 0 Å². The van der Waals surface area contributed by atoms with E-state index in [2.05, 4.69) is 274 Å². The standard InChI is InChI=1S/C71H58N4O/c1-45-40-66(72-43-55(45)46-34-36-47(37-35-46)68(2,3)4)75-62-31-16-9-22-51(62)52-39-38-50(42-65(52)75)76-49-21-19-20-48(41-49)73-44-74(64-33-18-17-32-63(64)73)71-56-25-10-7-23-53(56)67(54-24-8-11-26-57(54)71)69(5)58-27-12-14-29-60(58)70(71,6)61-30-15-13-28-59(61)69/h7-43,67H,44H2,1-6H3. The summed E-state index contributed by atoms with van der Waals surface area (Å²) in [5.41, 5.74) is 20.2. The van der Waals surface area contributed by atoms with Gasteiger partial charge in [0, 0.05) is 57.1 Å². The summed E-state index contributed by atoms with van der Waals surface area (Å²) in [6, 6.07) is 81.6. The second kappa shape index (κ2) is 15.9. The number of para-hydroxylation sites is 3. The summed E-state index contributed by atoms with van der Waals surface area (Å²) in [4.78, 5) is 10.4. The number of rotatable bonds is 6. The molecule has 76 heavy (non-hydrogen) atoms. The van der Waals surface area contributed by atoms with E-state index in [1.165, 1.54) is 78.0 Å². The Morgan fingerprint density at radius 2 is 1.11 bits per heavy atom. The molecule has 2 aromatic heterocycles. The van der Waals surface area contributed by atoms with Gasteiger partial charge in [0.1, 0.15) is 22.9 Å². The number of hydrogen-bond donors (Lipinski definition) is 0. The number of benzene rings is 9. The molecule has 0 spiro atoms. The fourth-order valence-corrected chi connectivity index (χ4v) is 14.9. The van der Waals surface area contributed by atoms with Gasteiger partial charge in [0.05, 0.1) is 29.1 Å². The van der Waals surface area contributed by atoms with Crippen LogP contribution in [0, 0.1) is 6.92 Å². The van der Waals surface area contributed by atoms with Gasteiger partial charge in [-0.2, -0.15) is 0 Å². The third-order valence-corrected chi connectivity index (χ3v) is 18.2. The highest BCUT2D eigenvalue weighted by molar-refractivity contribution is 6.09. The first-order valence-corrected chi connectivity index (χ1v) is 26.9. The van der Waals surface area contributed by atoms with Crippen molar-refractivity contribution in [3.63, 3.8) is 0 Å². The van der Waals surface area contributed by atoms with E-state index in [1.54, 1.807) is 0 Å². The molecule has 368 valence electrons. The predicted octanol–water partition coefficient (Wildman–Crippen LogP) is 17.2. The predicted molar refractivity (Wildman–Crippen MR) is 311 cm³/mol. The van der Waals surface area contributed by atoms with Crippen LogP contribution in [0.5, 0.6) is 11.5 Å². The Hall–Kier alpha value is -8.67. The summed E-state index contributed by atoms with van der Waals surface area (Å²) in [6.45, 7) is 14.6. The van der Waals surface area contributed by atoms with Crippen molar-refractivity contribution in [3.8, 4) is 28.4 Å². The zero-order valence-electron chi connectivity index (χ0n) is 43.8. The average Bonchev–Trinajstić information content (AvgIpc) is 2.57. The Balaban J connectivity index is 0.843. The monoisotopic (exact) mass is 982 g/mol. The first-order valence-electron chi connectivity index (χ1n) is 26.9. The van der Waals surface area contributed by atoms with E-state index in [0.717, 1.165) is 45.0 Å². The Kier molecular flexibility index (Phi) is 9.38. The lowest BCUT2D eigenvalue weighted by Gasteiger charge is -2.66. The fraction of sp³-hybridized carbons (Fsp3) is 0.169. The molecule has 9 aromatic carbocycles. The molecule has 18 rings (SSSR count). The lowest BCUT2D eigenvalue weighted by Crippen LogP contribution is -2.67. The quantitative estimate of drug-likeness (QED) is 0.166. The summed E-state index contributed by atoms with van der Waals surface area (Å²) < 4.78 is 9.26. The largest absolute Gasteiger partial charge is 0.457 e. The van der Waals surface area contributed by atoms with Crippen molar-refractivity contribution in [1.82, 2.24) is 9.55 Å². The van der Waals surface area contributed by atoms with Crippen molar-refractivity contribution >= 4 is 38.9 Å². The first kappa shape index (κ1) is 44.8. The zero-order valence-corrected chi connectivity index (χ0v) is 43.8. The SMILES string of the molecule is Cc1cc(-n2c3ccccc3c3ccc(Oc4cccc(N5CN(C67c8ccccc8C(c8ccccc86)C6(C)c8ccccc8C7(C)c7ccccc76)c6ccccc65)c4)cc32)ncc1-c1ccc(C(C)(C)C)cc1. The molecule has 6 aliphatic carbocycles. The molecular weight excluding hydrogens is 925 g/mol. The molecule has 7 aliphatic rings. The van der Waals surface area contributed by atoms with Gasteiger partial charge in [-0.05, 0) is 129 Å². The van der Waals surface area contributed by atoms with Crippen LogP contribution in [0.2, 0.25) is 0 Å². The maximum absolute atomic E-state index is 6.98. The molecule has 0 radical (unpaired) electrons. The molecule has 0 fully saturated rings. The van der Waals surface area contributed by atoms with Crippen LogP contribution in [0.15, 0.2) is 225 Å². The van der Waals surface area contributed by atoms with Crippen molar-refractivity contribution in [3.05, 3.63) is 280 Å². The van der Waals surface area contributed by atoms with Crippen molar-refractivity contribution in [2.45, 2.75) is 69.2 Å². The smallest absolute Gasteiger partial charge is 0.137 e. The lowest BCUT2D eigenvalue weighted by molar-refractivity contribution is 0.257. The highest BCUT2D eigenvalue weighted by Gasteiger charge is 2.69. The Bertz CT molecular complexity index is 4100. The maximum Gasteiger partial charge on any atom is 0.137 e. The summed E-state index contributed by atoms with van der Waals surface area (Å²) in [6.07, 6.45) is 2.03. The Morgan fingerprint density at radius 1 is 0.526 bits per heavy atom. The maximum atomic E-state index is 6.98. The van der Waals surface area contributed by atoms with Gasteiger partial charge in [-0.25, -0.2) is 4.98 Å². The Labute approximate surface area is 445 Å². The van der Waals surface area contributed by atoms with Gasteiger partial charge in [0.25, 0.3) is 0 Å². The first-order chi connectivity index (χ1) is 37.0. The number of hydrogen-bond acceptors (Lipinski definition) is 4. The second-order valence-electron chi connectivity index (χ2n) is 23.0. The molecule has 11 aromatic rings. The minimum Gasteiger partial charge on any atom is -0.457 e. The van der Waals surface area contributed by atoms with Gasteiger partial charge in [-0.1, -0.05) is 185 Å². The van der Waals surface area contributed by atoms with Crippen LogP contribution in [0.3, 0.4) is 0 Å². The summed E-state index contributed by atoms with van der Waals surface area (Å²) in [5.74, 6) is 2.51. The highest BCUT2D eigenvalue weighted by atomic mass is 16.5. The van der Waals surface area contributed by atoms with Crippen molar-refractivity contribution < 1.29 is 4.74 Å². The average molecular weight is 983 g/mol. The van der Waals surface area contributed by atoms with Gasteiger partial charge in [0.2, 0.25) is 0 Å². The van der Waals surface area contributed by atoms with Gasteiger partial charge in [0.15, 0.2) is 0 Å². The van der Waals surface area contributed by atoms with Crippen LogP contribution in [-0.2, 0) is 21.8 Å². The summed E-state index contributed by atoms with van der Waals surface area (Å²) in [7, 11) is 0. The molecule has 0 amide bonds. The number of pyridine rings is 1. The van der Waals surface area contributed by atoms with E-state index in [4.69, 9.17) is 9.72 Å². The normalized spacial score (nSPS) is 20.7. The van der Waals surface area contributed by atoms with E-state index in [0.29, 0.717) is 6.67 Å². The number of aryl methyl sites for hydroxylation is 1. The zero-order chi connectivity index (χ0) is 51.3. The molecule has 3 heterocycles. The van der Waals surface area contributed by atoms with Crippen LogP contribution in [0.1, 0.15) is 96.2 Å². The molecule has 1 aliphatic heterocycles. The van der Waals surface area contributed by atoms with E-state index in [-0.39, 0.29) is 16.7 Å². The van der Waals surface area contributed by atoms with Gasteiger partial charge in [-0.15, -0.1) is 0 Å². The lowest BCUT2D eigenvalue weighted by atomic mass is 9.40. The van der Waals surface area contributed by atoms with E-state index in [9.17, 15) is 0 Å². The minimum atomic E-state index is -0.664. The van der Waals surface area contributed by atoms with E-state index >= 15 is 0 Å². The molecule has 5 nitrogen and oxygen atoms in total. The van der Waals surface area contributed by atoms with E-state index < -0.39 is 11.0 Å². The van der Waals surface area contributed by atoms with Crippen molar-refractivity contribution in [2.24, 2.45) is 0 Å². The summed E-state index contributed by atoms with van der Waals surface area (Å²) >= 11 is 0. The number of ether oxygens (including phenoxy) is 1. The third kappa shape index (κ3) is 5.89. The third-order valence-electron chi connectivity index (χ3n) is 18.2. The van der Waals surface area contributed by atoms with Gasteiger partial charge in [-0.3, -0.25) is 4.57 Å². The van der Waals surface area contributed by atoms with E-state index in [1.807, 2.05) is 6.20 Å². The van der Waals surface area contributed by atoms with Gasteiger partial charge < -0.3 is 14.5 Å². The number of fused-ring (bicyclic) bond motifs is 4. The van der Waals surface area contributed by atoms with Crippen LogP contribution in [0.4, 0.5) is 17.1 Å². The molecule has 0 saturated carbocycles. The molecule has 5 heteroatoms. The molecule has 4 bridgehead atoms. The number of aromatic nitrogens is 2. The fourth-order valence-electron chi connectivity index (χ4n) is 14.9. The topological polar surface area (TPSA) is 33.5 Å². The highest BCUT2D eigenvalue weighted by Crippen LogP contribution is 2.72. The van der Waals surface area contributed by atoms with Crippen LogP contribution < -0.4 is 14.5 Å². The molecule has 0 saturated heterocycles. The van der Waals surface area contributed by atoms with Crippen LogP contribution in [-0.4, -0.2) is 16.2 Å². The Morgan fingerprint density at radius 3 is 1.78 bits per heavy atom. The molecular formula is C71H58N4O. The molecule has 0 atom stereocenters. The van der Waals surface area contributed by atoms with Crippen molar-refractivity contribution in [2.75, 3.05) is 16.5 Å². The molecule has 0 unspecified atom stereocenters. The van der Waals surface area contributed by atoms with Crippen LogP contribution >= 0.6 is 0 Å². The summed E-state index contributed by atoms with van der Waals surface area (Å²) in [5, 5.41) is 2.33. The van der Waals surface area contributed by atoms with Gasteiger partial charge >= 0.3 is 0 Å². The second-order valence-corrected chi connectivity index (χ2v) is 23.0. The number of anilines is 3.